The van der Waals surface area contributed by atoms with Gasteiger partial charge in [-0.25, -0.2) is 4.68 Å². The second-order valence-electron chi connectivity index (χ2n) is 7.35. The first-order valence-corrected chi connectivity index (χ1v) is 10.8. The second kappa shape index (κ2) is 8.81. The first-order valence-electron chi connectivity index (χ1n) is 9.97. The Bertz CT molecular complexity index is 1030. The quantitative estimate of drug-likeness (QED) is 0.638. The van der Waals surface area contributed by atoms with E-state index >= 15 is 0 Å². The number of piperazine rings is 1. The van der Waals surface area contributed by atoms with Crippen LogP contribution in [-0.4, -0.2) is 46.1 Å². The van der Waals surface area contributed by atoms with Crippen LogP contribution in [0.25, 0.3) is 5.69 Å². The minimum atomic E-state index is -0.538. The van der Waals surface area contributed by atoms with Crippen LogP contribution < -0.4 is 10.6 Å². The molecule has 30 heavy (non-hydrogen) atoms. The van der Waals surface area contributed by atoms with Gasteiger partial charge in [0.25, 0.3) is 0 Å². The molecule has 1 atom stereocenters. The summed E-state index contributed by atoms with van der Waals surface area (Å²) in [5.41, 5.74) is 3.51. The maximum atomic E-state index is 12.9. The van der Waals surface area contributed by atoms with Gasteiger partial charge in [0.2, 0.25) is 11.8 Å². The molecular formula is C22H25N5O2S. The van der Waals surface area contributed by atoms with Crippen molar-refractivity contribution >= 4 is 23.2 Å². The standard InChI is InChI=1S/C22H25N5O2S/c1-15-20(16(2)27(25-15)17-7-4-3-5-8-17)21-22(29)23-10-11-26(21)14-19(28)24-13-18-9-6-12-30-18/h3-9,12,21H,10-11,13-14H2,1-2H3,(H,23,29)(H,24,28)/t21-/m1/s1. The van der Waals surface area contributed by atoms with Gasteiger partial charge in [-0.1, -0.05) is 24.3 Å². The summed E-state index contributed by atoms with van der Waals surface area (Å²) < 4.78 is 1.86. The molecule has 1 aliphatic rings. The Hall–Kier alpha value is -2.97. The van der Waals surface area contributed by atoms with Gasteiger partial charge in [-0.2, -0.15) is 5.10 Å². The monoisotopic (exact) mass is 423 g/mol. The first kappa shape index (κ1) is 20.3. The van der Waals surface area contributed by atoms with Crippen LogP contribution >= 0.6 is 11.3 Å². The number of para-hydroxylation sites is 1. The van der Waals surface area contributed by atoms with Crippen molar-refractivity contribution in [3.05, 3.63) is 69.7 Å². The Balaban J connectivity index is 1.57. The van der Waals surface area contributed by atoms with Crippen LogP contribution in [0.2, 0.25) is 0 Å². The number of benzene rings is 1. The topological polar surface area (TPSA) is 79.3 Å². The average molecular weight is 424 g/mol. The molecule has 1 saturated heterocycles. The predicted octanol–water partition coefficient (Wildman–Crippen LogP) is 2.34. The van der Waals surface area contributed by atoms with Crippen molar-refractivity contribution in [2.75, 3.05) is 19.6 Å². The molecule has 4 rings (SSSR count). The minimum absolute atomic E-state index is 0.0890. The Morgan fingerprint density at radius 1 is 1.23 bits per heavy atom. The molecule has 2 N–H and O–H groups in total. The Morgan fingerprint density at radius 3 is 2.77 bits per heavy atom. The lowest BCUT2D eigenvalue weighted by atomic mass is 10.00. The maximum absolute atomic E-state index is 12.9. The smallest absolute Gasteiger partial charge is 0.242 e. The zero-order valence-corrected chi connectivity index (χ0v) is 17.9. The summed E-state index contributed by atoms with van der Waals surface area (Å²) in [5.74, 6) is -0.181. The van der Waals surface area contributed by atoms with Crippen molar-refractivity contribution in [1.82, 2.24) is 25.3 Å². The highest BCUT2D eigenvalue weighted by atomic mass is 32.1. The van der Waals surface area contributed by atoms with Crippen LogP contribution in [-0.2, 0) is 16.1 Å². The van der Waals surface area contributed by atoms with Crippen LogP contribution in [0.3, 0.4) is 0 Å². The highest BCUT2D eigenvalue weighted by Gasteiger charge is 2.36. The number of thiophene rings is 1. The van der Waals surface area contributed by atoms with E-state index in [2.05, 4.69) is 15.7 Å². The number of hydrogen-bond acceptors (Lipinski definition) is 5. The summed E-state index contributed by atoms with van der Waals surface area (Å²) in [7, 11) is 0. The lowest BCUT2D eigenvalue weighted by Gasteiger charge is -2.34. The predicted molar refractivity (Wildman–Crippen MR) is 117 cm³/mol. The zero-order chi connectivity index (χ0) is 21.1. The van der Waals surface area contributed by atoms with Crippen LogP contribution in [0.4, 0.5) is 0 Å². The molecule has 2 aromatic heterocycles. The Morgan fingerprint density at radius 2 is 2.03 bits per heavy atom. The molecule has 0 aliphatic carbocycles. The van der Waals surface area contributed by atoms with Crippen molar-refractivity contribution in [2.45, 2.75) is 26.4 Å². The lowest BCUT2D eigenvalue weighted by Crippen LogP contribution is -2.52. The van der Waals surface area contributed by atoms with Crippen molar-refractivity contribution in [2.24, 2.45) is 0 Å². The van der Waals surface area contributed by atoms with Crippen LogP contribution in [0.1, 0.15) is 27.9 Å². The number of amides is 2. The molecule has 1 fully saturated rings. The van der Waals surface area contributed by atoms with Gasteiger partial charge in [0.05, 0.1) is 24.5 Å². The van der Waals surface area contributed by atoms with Crippen molar-refractivity contribution in [1.29, 1.82) is 0 Å². The Labute approximate surface area is 179 Å². The molecule has 0 unspecified atom stereocenters. The van der Waals surface area contributed by atoms with Gasteiger partial charge in [-0.3, -0.25) is 14.5 Å². The van der Waals surface area contributed by atoms with Crippen molar-refractivity contribution in [3.63, 3.8) is 0 Å². The number of nitrogens with one attached hydrogen (secondary N) is 2. The maximum Gasteiger partial charge on any atom is 0.242 e. The highest BCUT2D eigenvalue weighted by molar-refractivity contribution is 7.09. The summed E-state index contributed by atoms with van der Waals surface area (Å²) in [5, 5.41) is 12.6. The molecule has 8 heteroatoms. The number of carbonyl (C=O) groups is 2. The van der Waals surface area contributed by atoms with Crippen molar-refractivity contribution in [3.8, 4) is 5.69 Å². The summed E-state index contributed by atoms with van der Waals surface area (Å²) in [4.78, 5) is 28.5. The number of carbonyl (C=O) groups excluding carboxylic acids is 2. The van der Waals surface area contributed by atoms with Crippen LogP contribution in [0.15, 0.2) is 47.8 Å². The number of aryl methyl sites for hydroxylation is 1. The van der Waals surface area contributed by atoms with E-state index in [1.165, 1.54) is 0 Å². The van der Waals surface area contributed by atoms with E-state index in [0.717, 1.165) is 27.5 Å². The van der Waals surface area contributed by atoms with Crippen LogP contribution in [0, 0.1) is 13.8 Å². The third-order valence-electron chi connectivity index (χ3n) is 5.32. The molecule has 2 amide bonds. The number of rotatable bonds is 6. The molecule has 7 nitrogen and oxygen atoms in total. The molecule has 0 saturated carbocycles. The highest BCUT2D eigenvalue weighted by Crippen LogP contribution is 2.30. The molecule has 0 radical (unpaired) electrons. The summed E-state index contributed by atoms with van der Waals surface area (Å²) in [6.45, 7) is 5.69. The number of hydrogen-bond donors (Lipinski definition) is 2. The average Bonchev–Trinajstić information content (AvgIpc) is 3.36. The van der Waals surface area contributed by atoms with Gasteiger partial charge in [0, 0.05) is 29.2 Å². The molecule has 0 spiro atoms. The van der Waals surface area contributed by atoms with Crippen molar-refractivity contribution < 1.29 is 9.59 Å². The van der Waals surface area contributed by atoms with Gasteiger partial charge < -0.3 is 10.6 Å². The normalized spacial score (nSPS) is 17.0. The molecule has 156 valence electrons. The molecule has 0 bridgehead atoms. The molecule has 1 aromatic carbocycles. The first-order chi connectivity index (χ1) is 14.5. The summed E-state index contributed by atoms with van der Waals surface area (Å²) in [6.07, 6.45) is 0. The number of nitrogens with zero attached hydrogens (tertiary/aromatic N) is 3. The van der Waals surface area contributed by atoms with Gasteiger partial charge in [-0.05, 0) is 37.4 Å². The lowest BCUT2D eigenvalue weighted by molar-refractivity contribution is -0.131. The van der Waals surface area contributed by atoms with Gasteiger partial charge in [0.1, 0.15) is 6.04 Å². The van der Waals surface area contributed by atoms with E-state index < -0.39 is 6.04 Å². The molecular weight excluding hydrogens is 398 g/mol. The van der Waals surface area contributed by atoms with E-state index in [1.807, 2.05) is 71.3 Å². The summed E-state index contributed by atoms with van der Waals surface area (Å²) in [6, 6.07) is 13.3. The molecule has 1 aliphatic heterocycles. The Kier molecular flexibility index (Phi) is 5.96. The second-order valence-corrected chi connectivity index (χ2v) is 8.38. The summed E-state index contributed by atoms with van der Waals surface area (Å²) >= 11 is 1.61. The van der Waals surface area contributed by atoms with E-state index in [1.54, 1.807) is 11.3 Å². The fourth-order valence-corrected chi connectivity index (χ4v) is 4.55. The fourth-order valence-electron chi connectivity index (χ4n) is 3.91. The van der Waals surface area contributed by atoms with E-state index in [0.29, 0.717) is 19.6 Å². The van der Waals surface area contributed by atoms with Gasteiger partial charge in [0.15, 0.2) is 0 Å². The zero-order valence-electron chi connectivity index (χ0n) is 17.1. The van der Waals surface area contributed by atoms with E-state index in [-0.39, 0.29) is 18.4 Å². The molecule has 3 aromatic rings. The minimum Gasteiger partial charge on any atom is -0.353 e. The molecule has 3 heterocycles. The largest absolute Gasteiger partial charge is 0.353 e. The van der Waals surface area contributed by atoms with Gasteiger partial charge in [-0.15, -0.1) is 11.3 Å². The SMILES string of the molecule is Cc1nn(-c2ccccc2)c(C)c1[C@@H]1C(=O)NCCN1CC(=O)NCc1cccs1. The van der Waals surface area contributed by atoms with Gasteiger partial charge >= 0.3 is 0 Å². The third kappa shape index (κ3) is 4.15. The van der Waals surface area contributed by atoms with E-state index in [4.69, 9.17) is 0 Å². The number of aromatic nitrogens is 2. The third-order valence-corrected chi connectivity index (χ3v) is 6.20. The fraction of sp³-hybridized carbons (Fsp3) is 0.318. The van der Waals surface area contributed by atoms with E-state index in [9.17, 15) is 9.59 Å². The van der Waals surface area contributed by atoms with Crippen LogP contribution in [0.5, 0.6) is 0 Å².